The Morgan fingerprint density at radius 2 is 1.63 bits per heavy atom. The molecule has 11 heteroatoms. The molecule has 0 bridgehead atoms. The van der Waals surface area contributed by atoms with Gasteiger partial charge >= 0.3 is 0 Å². The highest BCUT2D eigenvalue weighted by molar-refractivity contribution is 7.80. The van der Waals surface area contributed by atoms with Crippen molar-refractivity contribution in [3.63, 3.8) is 0 Å². The maximum absolute atomic E-state index is 11.8. The molecule has 2 aromatic carbocycles. The lowest BCUT2D eigenvalue weighted by atomic mass is 10.3. The molecule has 30 heavy (non-hydrogen) atoms. The summed E-state index contributed by atoms with van der Waals surface area (Å²) in [7, 11) is 0. The molecule has 2 amide bonds. The van der Waals surface area contributed by atoms with Crippen LogP contribution in [-0.4, -0.2) is 30.1 Å². The Labute approximate surface area is 193 Å². The first-order chi connectivity index (χ1) is 14.3. The number of hydrazine groups is 1. The second kappa shape index (κ2) is 12.4. The maximum atomic E-state index is 11.8. The molecule has 0 fully saturated rings. The summed E-state index contributed by atoms with van der Waals surface area (Å²) in [5.41, 5.74) is 4.82. The third-order valence-corrected chi connectivity index (χ3v) is 4.51. The van der Waals surface area contributed by atoms with Gasteiger partial charge in [-0.2, -0.15) is 0 Å². The van der Waals surface area contributed by atoms with Crippen LogP contribution in [0.5, 0.6) is 11.5 Å². The Balaban J connectivity index is 1.59. The van der Waals surface area contributed by atoms with Crippen molar-refractivity contribution in [2.24, 2.45) is 0 Å². The number of hydrogen-bond donors (Lipinski definition) is 3. The highest BCUT2D eigenvalue weighted by Crippen LogP contribution is 2.27. The third kappa shape index (κ3) is 8.62. The quantitative estimate of drug-likeness (QED) is 0.295. The fraction of sp³-hybridized carbons (Fsp3) is 0.211. The first-order valence-electron chi connectivity index (χ1n) is 8.69. The summed E-state index contributed by atoms with van der Waals surface area (Å²) in [5, 5.41) is 3.60. The van der Waals surface area contributed by atoms with Gasteiger partial charge in [-0.1, -0.05) is 46.9 Å². The fourth-order valence-corrected chi connectivity index (χ4v) is 2.91. The van der Waals surface area contributed by atoms with Crippen molar-refractivity contribution in [3.8, 4) is 11.5 Å². The molecular formula is C19H18Cl3N3O4S. The average Bonchev–Trinajstić information content (AvgIpc) is 2.70. The van der Waals surface area contributed by atoms with E-state index in [9.17, 15) is 9.59 Å². The molecule has 2 aromatic rings. The van der Waals surface area contributed by atoms with Gasteiger partial charge in [0.25, 0.3) is 5.91 Å². The van der Waals surface area contributed by atoms with Crippen LogP contribution in [0, 0.1) is 0 Å². The Bertz CT molecular complexity index is 914. The summed E-state index contributed by atoms with van der Waals surface area (Å²) in [4.78, 5) is 23.6. The molecular weight excluding hydrogens is 473 g/mol. The molecule has 0 aromatic heterocycles. The number of hydrogen-bond acceptors (Lipinski definition) is 5. The van der Waals surface area contributed by atoms with Crippen LogP contribution in [0.2, 0.25) is 15.1 Å². The SMILES string of the molecule is O=C(CCCOc1ccc(Cl)cc1Cl)NNC(=S)NC(=O)COc1ccccc1Cl. The highest BCUT2D eigenvalue weighted by Gasteiger charge is 2.09. The van der Waals surface area contributed by atoms with Crippen LogP contribution < -0.4 is 25.6 Å². The molecule has 0 saturated heterocycles. The third-order valence-electron chi connectivity index (χ3n) is 3.46. The number of para-hydroxylation sites is 1. The summed E-state index contributed by atoms with van der Waals surface area (Å²) in [6.45, 7) is -0.000560. The van der Waals surface area contributed by atoms with Crippen molar-refractivity contribution < 1.29 is 19.1 Å². The summed E-state index contributed by atoms with van der Waals surface area (Å²) in [5.74, 6) is 0.0331. The Kier molecular flexibility index (Phi) is 9.96. The van der Waals surface area contributed by atoms with Crippen molar-refractivity contribution in [3.05, 3.63) is 57.5 Å². The summed E-state index contributed by atoms with van der Waals surface area (Å²) in [6.07, 6.45) is 0.613. The number of benzene rings is 2. The van der Waals surface area contributed by atoms with Gasteiger partial charge in [-0.3, -0.25) is 25.8 Å². The minimum absolute atomic E-state index is 0.0692. The molecule has 0 aliphatic carbocycles. The zero-order valence-electron chi connectivity index (χ0n) is 15.5. The average molecular weight is 491 g/mol. The van der Waals surface area contributed by atoms with Crippen molar-refractivity contribution in [2.45, 2.75) is 12.8 Å². The van der Waals surface area contributed by atoms with Crippen LogP contribution in [0.25, 0.3) is 0 Å². The van der Waals surface area contributed by atoms with E-state index < -0.39 is 5.91 Å². The minimum atomic E-state index is -0.505. The molecule has 0 unspecified atom stereocenters. The first-order valence-corrected chi connectivity index (χ1v) is 10.2. The van der Waals surface area contributed by atoms with E-state index in [1.165, 1.54) is 0 Å². The van der Waals surface area contributed by atoms with Crippen molar-refractivity contribution in [2.75, 3.05) is 13.2 Å². The predicted octanol–water partition coefficient (Wildman–Crippen LogP) is 3.91. The number of thiocarbonyl (C=S) groups is 1. The zero-order valence-corrected chi connectivity index (χ0v) is 18.6. The van der Waals surface area contributed by atoms with E-state index >= 15 is 0 Å². The predicted molar refractivity (Wildman–Crippen MR) is 120 cm³/mol. The Morgan fingerprint density at radius 3 is 2.37 bits per heavy atom. The van der Waals surface area contributed by atoms with Gasteiger partial charge in [0.1, 0.15) is 11.5 Å². The number of amides is 2. The molecule has 0 heterocycles. The van der Waals surface area contributed by atoms with Crippen LogP contribution in [0.15, 0.2) is 42.5 Å². The molecule has 0 atom stereocenters. The number of rotatable bonds is 8. The van der Waals surface area contributed by atoms with Gasteiger partial charge in [0, 0.05) is 11.4 Å². The van der Waals surface area contributed by atoms with Crippen molar-refractivity contribution >= 4 is 63.9 Å². The Morgan fingerprint density at radius 1 is 0.900 bits per heavy atom. The molecule has 3 N–H and O–H groups in total. The monoisotopic (exact) mass is 489 g/mol. The first kappa shape index (κ1) is 24.0. The largest absolute Gasteiger partial charge is 0.492 e. The van der Waals surface area contributed by atoms with Crippen molar-refractivity contribution in [1.82, 2.24) is 16.2 Å². The molecule has 0 aliphatic heterocycles. The van der Waals surface area contributed by atoms with Gasteiger partial charge in [0.05, 0.1) is 16.7 Å². The topological polar surface area (TPSA) is 88.7 Å². The number of carbonyl (C=O) groups excluding carboxylic acids is 2. The fourth-order valence-electron chi connectivity index (χ4n) is 2.10. The van der Waals surface area contributed by atoms with Crippen LogP contribution in [0.3, 0.4) is 0 Å². The summed E-state index contributed by atoms with van der Waals surface area (Å²) < 4.78 is 10.8. The Hall–Kier alpha value is -2.26. The van der Waals surface area contributed by atoms with Gasteiger partial charge in [0.2, 0.25) is 5.91 Å². The smallest absolute Gasteiger partial charge is 0.264 e. The molecule has 2 rings (SSSR count). The summed E-state index contributed by atoms with van der Waals surface area (Å²) in [6, 6.07) is 11.6. The molecule has 0 radical (unpaired) electrons. The zero-order chi connectivity index (χ0) is 21.9. The van der Waals surface area contributed by atoms with E-state index in [-0.39, 0.29) is 30.7 Å². The number of nitrogens with one attached hydrogen (secondary N) is 3. The van der Waals surface area contributed by atoms with E-state index in [1.54, 1.807) is 42.5 Å². The second-order valence-corrected chi connectivity index (χ2v) is 7.46. The van der Waals surface area contributed by atoms with Crippen LogP contribution in [0.4, 0.5) is 0 Å². The molecule has 0 aliphatic rings. The molecule has 7 nitrogen and oxygen atoms in total. The lowest BCUT2D eigenvalue weighted by Gasteiger charge is -2.12. The number of carbonyl (C=O) groups is 2. The highest BCUT2D eigenvalue weighted by atomic mass is 35.5. The van der Waals surface area contributed by atoms with Crippen LogP contribution in [0.1, 0.15) is 12.8 Å². The van der Waals surface area contributed by atoms with Gasteiger partial charge in [-0.15, -0.1) is 0 Å². The van der Waals surface area contributed by atoms with E-state index in [1.807, 2.05) is 0 Å². The van der Waals surface area contributed by atoms with Crippen LogP contribution >= 0.6 is 47.0 Å². The van der Waals surface area contributed by atoms with E-state index in [4.69, 9.17) is 56.5 Å². The molecule has 0 spiro atoms. The van der Waals surface area contributed by atoms with Gasteiger partial charge in [-0.25, -0.2) is 0 Å². The number of halogens is 3. The lowest BCUT2D eigenvalue weighted by molar-refractivity contribution is -0.123. The van der Waals surface area contributed by atoms with Crippen molar-refractivity contribution in [1.29, 1.82) is 0 Å². The summed E-state index contributed by atoms with van der Waals surface area (Å²) >= 11 is 22.7. The van der Waals surface area contributed by atoms with E-state index in [2.05, 4.69) is 16.2 Å². The molecule has 0 saturated carbocycles. The van der Waals surface area contributed by atoms with Crippen LogP contribution in [-0.2, 0) is 9.59 Å². The normalized spacial score (nSPS) is 10.1. The van der Waals surface area contributed by atoms with E-state index in [0.717, 1.165) is 0 Å². The standard InChI is InChI=1S/C19H18Cl3N3O4S/c20-12-7-8-16(14(22)10-12)28-9-3-6-17(26)24-25-19(30)23-18(27)11-29-15-5-2-1-4-13(15)21/h1-2,4-5,7-8,10H,3,6,9,11H2,(H,24,26)(H2,23,25,27,30). The van der Waals surface area contributed by atoms with Gasteiger partial charge in [0.15, 0.2) is 11.7 Å². The lowest BCUT2D eigenvalue weighted by Crippen LogP contribution is -2.49. The van der Waals surface area contributed by atoms with Gasteiger partial charge < -0.3 is 9.47 Å². The van der Waals surface area contributed by atoms with Gasteiger partial charge in [-0.05, 0) is 49.0 Å². The maximum Gasteiger partial charge on any atom is 0.264 e. The number of ether oxygens (including phenoxy) is 2. The molecule has 160 valence electrons. The minimum Gasteiger partial charge on any atom is -0.492 e. The van der Waals surface area contributed by atoms with E-state index in [0.29, 0.717) is 33.0 Å². The second-order valence-electron chi connectivity index (χ2n) is 5.80.